The zero-order chi connectivity index (χ0) is 39.3. The number of benzene rings is 8. The van der Waals surface area contributed by atoms with Crippen LogP contribution in [-0.2, 0) is 10.8 Å². The van der Waals surface area contributed by atoms with Gasteiger partial charge in [0.25, 0.3) is 0 Å². The molecule has 278 valence electrons. The highest BCUT2D eigenvalue weighted by Crippen LogP contribution is 2.62. The Morgan fingerprint density at radius 2 is 0.881 bits per heavy atom. The third-order valence-electron chi connectivity index (χ3n) is 12.8. The molecule has 0 saturated carbocycles. The Hall–Kier alpha value is -7.43. The molecule has 0 bridgehead atoms. The smallest absolute Gasteiger partial charge is 0.164 e. The van der Waals surface area contributed by atoms with Gasteiger partial charge in [-0.25, -0.2) is 15.0 Å². The molecule has 2 aliphatic carbocycles. The summed E-state index contributed by atoms with van der Waals surface area (Å²) in [6.45, 7) is 4.71. The minimum absolute atomic E-state index is 0.290. The molecule has 0 atom stereocenters. The van der Waals surface area contributed by atoms with E-state index in [1.54, 1.807) is 0 Å². The number of rotatable bonds is 4. The lowest BCUT2D eigenvalue weighted by atomic mass is 9.55. The van der Waals surface area contributed by atoms with Crippen LogP contribution in [0, 0.1) is 0 Å². The number of fused-ring (bicyclic) bond motifs is 12. The Bertz CT molecular complexity index is 3260. The molecule has 12 rings (SSSR count). The van der Waals surface area contributed by atoms with E-state index in [4.69, 9.17) is 19.4 Å². The third kappa shape index (κ3) is 4.80. The van der Waals surface area contributed by atoms with Gasteiger partial charge in [0.05, 0.1) is 5.41 Å². The lowest BCUT2D eigenvalue weighted by molar-refractivity contribution is 0.562. The molecular formula is C55H37N3O. The van der Waals surface area contributed by atoms with Gasteiger partial charge < -0.3 is 4.42 Å². The lowest BCUT2D eigenvalue weighted by Crippen LogP contribution is -2.40. The first-order chi connectivity index (χ1) is 29.0. The predicted octanol–water partition coefficient (Wildman–Crippen LogP) is 13.4. The van der Waals surface area contributed by atoms with Crippen molar-refractivity contribution in [2.45, 2.75) is 24.7 Å². The molecule has 10 aromatic rings. The van der Waals surface area contributed by atoms with Crippen LogP contribution in [0.25, 0.3) is 78.4 Å². The third-order valence-corrected chi connectivity index (χ3v) is 12.8. The molecule has 0 aliphatic heterocycles. The van der Waals surface area contributed by atoms with Gasteiger partial charge in [-0.05, 0) is 79.9 Å². The van der Waals surface area contributed by atoms with Crippen LogP contribution < -0.4 is 0 Å². The van der Waals surface area contributed by atoms with E-state index in [9.17, 15) is 0 Å². The number of aromatic nitrogens is 3. The molecule has 0 N–H and O–H groups in total. The summed E-state index contributed by atoms with van der Waals surface area (Å²) in [4.78, 5) is 15.6. The van der Waals surface area contributed by atoms with E-state index in [0.29, 0.717) is 17.5 Å². The fourth-order valence-electron chi connectivity index (χ4n) is 10.2. The van der Waals surface area contributed by atoms with Crippen molar-refractivity contribution in [1.29, 1.82) is 0 Å². The van der Waals surface area contributed by atoms with E-state index in [2.05, 4.69) is 172 Å². The summed E-state index contributed by atoms with van der Waals surface area (Å²) in [6.07, 6.45) is 0. The van der Waals surface area contributed by atoms with Crippen molar-refractivity contribution >= 4 is 21.9 Å². The van der Waals surface area contributed by atoms with E-state index in [1.807, 2.05) is 30.3 Å². The molecule has 1 spiro atoms. The molecule has 2 heterocycles. The van der Waals surface area contributed by atoms with Crippen molar-refractivity contribution in [3.05, 3.63) is 221 Å². The second kappa shape index (κ2) is 12.5. The summed E-state index contributed by atoms with van der Waals surface area (Å²) in [5.41, 5.74) is 16.2. The first-order valence-electron chi connectivity index (χ1n) is 20.3. The molecular weight excluding hydrogens is 719 g/mol. The van der Waals surface area contributed by atoms with Crippen molar-refractivity contribution in [2.75, 3.05) is 0 Å². The highest BCUT2D eigenvalue weighted by molar-refractivity contribution is 6.12. The Labute approximate surface area is 342 Å². The van der Waals surface area contributed by atoms with Crippen molar-refractivity contribution in [2.24, 2.45) is 0 Å². The zero-order valence-electron chi connectivity index (χ0n) is 32.6. The summed E-state index contributed by atoms with van der Waals surface area (Å²) in [5, 5.41) is 2.03. The Balaban J connectivity index is 1.14. The van der Waals surface area contributed by atoms with Gasteiger partial charge in [0, 0.05) is 32.9 Å². The van der Waals surface area contributed by atoms with Crippen LogP contribution >= 0.6 is 0 Å². The standard InChI is InChI=1S/C55H37N3O/c1-54(2)44-28-13-14-29-45(44)55(42-26-11-9-23-38(42)39-24-10-12-27-43(39)55)47-32-41-49(33-46(47)54)59-48-30-16-25-40(50(41)48)53-57-51(35-19-7-4-8-20-35)56-52(58-53)37-22-15-21-36(31-37)34-17-5-3-6-18-34/h3-33H,1-2H3. The first kappa shape index (κ1) is 33.7. The van der Waals surface area contributed by atoms with Crippen LogP contribution in [0.4, 0.5) is 0 Å². The number of hydrogen-bond acceptors (Lipinski definition) is 4. The molecule has 0 saturated heterocycles. The number of hydrogen-bond donors (Lipinski definition) is 0. The highest BCUT2D eigenvalue weighted by atomic mass is 16.3. The van der Waals surface area contributed by atoms with Crippen molar-refractivity contribution in [3.8, 4) is 56.4 Å². The van der Waals surface area contributed by atoms with Crippen LogP contribution in [-0.4, -0.2) is 15.0 Å². The summed E-state index contributed by atoms with van der Waals surface area (Å²) >= 11 is 0. The molecule has 0 unspecified atom stereocenters. The molecule has 2 aromatic heterocycles. The fraction of sp³-hybridized carbons (Fsp3) is 0.0727. The van der Waals surface area contributed by atoms with Gasteiger partial charge in [-0.1, -0.05) is 178 Å². The van der Waals surface area contributed by atoms with E-state index in [0.717, 1.165) is 49.8 Å². The first-order valence-corrected chi connectivity index (χ1v) is 20.3. The fourth-order valence-corrected chi connectivity index (χ4v) is 10.2. The zero-order valence-corrected chi connectivity index (χ0v) is 32.6. The van der Waals surface area contributed by atoms with Crippen molar-refractivity contribution in [3.63, 3.8) is 0 Å². The van der Waals surface area contributed by atoms with Crippen LogP contribution in [0.2, 0.25) is 0 Å². The molecule has 0 fully saturated rings. The summed E-state index contributed by atoms with van der Waals surface area (Å²) in [5.74, 6) is 1.83. The normalized spacial score (nSPS) is 14.2. The van der Waals surface area contributed by atoms with Gasteiger partial charge in [-0.15, -0.1) is 0 Å². The second-order valence-electron chi connectivity index (χ2n) is 16.3. The molecule has 0 radical (unpaired) electrons. The Morgan fingerprint density at radius 3 is 1.59 bits per heavy atom. The van der Waals surface area contributed by atoms with Crippen LogP contribution in [0.1, 0.15) is 47.2 Å². The molecule has 4 nitrogen and oxygen atoms in total. The molecule has 4 heteroatoms. The Kier molecular flexibility index (Phi) is 7.16. The van der Waals surface area contributed by atoms with Gasteiger partial charge in [0.1, 0.15) is 11.2 Å². The largest absolute Gasteiger partial charge is 0.456 e. The molecule has 8 aromatic carbocycles. The van der Waals surface area contributed by atoms with Gasteiger partial charge >= 0.3 is 0 Å². The molecule has 0 amide bonds. The van der Waals surface area contributed by atoms with E-state index in [-0.39, 0.29) is 5.41 Å². The van der Waals surface area contributed by atoms with E-state index >= 15 is 0 Å². The average molecular weight is 756 g/mol. The monoisotopic (exact) mass is 755 g/mol. The van der Waals surface area contributed by atoms with Gasteiger partial charge in [-0.2, -0.15) is 0 Å². The summed E-state index contributed by atoms with van der Waals surface area (Å²) < 4.78 is 6.88. The minimum Gasteiger partial charge on any atom is -0.456 e. The average Bonchev–Trinajstić information content (AvgIpc) is 3.82. The lowest BCUT2D eigenvalue weighted by Gasteiger charge is -2.46. The SMILES string of the molecule is CC1(C)c2ccccc2C2(c3ccccc3-c3ccccc32)c2cc3c(cc21)oc1cccc(-c2nc(-c4ccccc4)nc(-c4cccc(-c5ccccc5)c4)n2)c13. The van der Waals surface area contributed by atoms with Gasteiger partial charge in [-0.3, -0.25) is 0 Å². The van der Waals surface area contributed by atoms with Crippen LogP contribution in [0.3, 0.4) is 0 Å². The van der Waals surface area contributed by atoms with E-state index in [1.165, 1.54) is 44.5 Å². The minimum atomic E-state index is -0.522. The Morgan fingerprint density at radius 1 is 0.356 bits per heavy atom. The predicted molar refractivity (Wildman–Crippen MR) is 238 cm³/mol. The van der Waals surface area contributed by atoms with Crippen molar-refractivity contribution < 1.29 is 4.42 Å². The highest BCUT2D eigenvalue weighted by Gasteiger charge is 2.53. The maximum Gasteiger partial charge on any atom is 0.164 e. The van der Waals surface area contributed by atoms with Gasteiger partial charge in [0.15, 0.2) is 17.5 Å². The van der Waals surface area contributed by atoms with E-state index < -0.39 is 5.41 Å². The topological polar surface area (TPSA) is 51.8 Å². The maximum absolute atomic E-state index is 6.88. The number of furan rings is 1. The van der Waals surface area contributed by atoms with Crippen molar-refractivity contribution in [1.82, 2.24) is 15.0 Å². The van der Waals surface area contributed by atoms with Gasteiger partial charge in [0.2, 0.25) is 0 Å². The van der Waals surface area contributed by atoms with Crippen LogP contribution in [0.5, 0.6) is 0 Å². The summed E-state index contributed by atoms with van der Waals surface area (Å²) in [6, 6.07) is 67.1. The van der Waals surface area contributed by atoms with Crippen LogP contribution in [0.15, 0.2) is 192 Å². The molecule has 59 heavy (non-hydrogen) atoms. The molecule has 2 aliphatic rings. The quantitative estimate of drug-likeness (QED) is 0.179. The number of nitrogens with zero attached hydrogens (tertiary/aromatic N) is 3. The summed E-state index contributed by atoms with van der Waals surface area (Å²) in [7, 11) is 0. The second-order valence-corrected chi connectivity index (χ2v) is 16.3. The maximum atomic E-state index is 6.88.